The molecule has 4 nitrogen and oxygen atoms in total. The average molecular weight is 308 g/mol. The molecule has 0 aromatic carbocycles. The van der Waals surface area contributed by atoms with Crippen molar-refractivity contribution in [3.8, 4) is 0 Å². The molecule has 2 fully saturated rings. The number of carbonyl (C=O) groups is 2. The monoisotopic (exact) mass is 308 g/mol. The molecular weight excluding hydrogens is 284 g/mol. The van der Waals surface area contributed by atoms with Gasteiger partial charge in [-0.1, -0.05) is 11.6 Å². The number of allylic oxidation sites excluding steroid dienone is 1. The summed E-state index contributed by atoms with van der Waals surface area (Å²) in [7, 11) is 0. The quantitative estimate of drug-likeness (QED) is 0.812. The number of nitrogens with one attached hydrogen (secondary N) is 1. The first-order chi connectivity index (χ1) is 10.1. The zero-order chi connectivity index (χ0) is 14.9. The molecule has 5 heteroatoms. The van der Waals surface area contributed by atoms with E-state index >= 15 is 0 Å². The summed E-state index contributed by atoms with van der Waals surface area (Å²) in [6.07, 6.45) is 9.66. The maximum Gasteiger partial charge on any atom is 0.243 e. The Kier molecular flexibility index (Phi) is 4.29. The average Bonchev–Trinajstić information content (AvgIpc) is 2.97. The van der Waals surface area contributed by atoms with E-state index in [1.807, 2.05) is 4.90 Å². The maximum absolute atomic E-state index is 12.4. The Morgan fingerprint density at radius 2 is 2.33 bits per heavy atom. The summed E-state index contributed by atoms with van der Waals surface area (Å²) in [6.45, 7) is 2.78. The van der Waals surface area contributed by atoms with Gasteiger partial charge in [0.25, 0.3) is 0 Å². The van der Waals surface area contributed by atoms with Crippen molar-refractivity contribution in [2.24, 2.45) is 0 Å². The number of amides is 2. The van der Waals surface area contributed by atoms with Crippen molar-refractivity contribution in [2.75, 3.05) is 12.3 Å². The van der Waals surface area contributed by atoms with Crippen LogP contribution in [0.25, 0.3) is 0 Å². The molecule has 2 aliphatic heterocycles. The van der Waals surface area contributed by atoms with Gasteiger partial charge in [0.15, 0.2) is 0 Å². The van der Waals surface area contributed by atoms with Gasteiger partial charge < -0.3 is 10.2 Å². The molecule has 0 bridgehead atoms. The van der Waals surface area contributed by atoms with E-state index in [2.05, 4.69) is 18.3 Å². The minimum Gasteiger partial charge on any atom is -0.354 e. The Labute approximate surface area is 130 Å². The fraction of sp³-hybridized carbons (Fsp3) is 0.750. The molecule has 0 spiro atoms. The molecule has 3 aliphatic rings. The first kappa shape index (κ1) is 14.9. The standard InChI is InChI=1S/C16H24N2O2S/c1-16-9-7-14(19)18(16)13(11-21-16)15(20)17-10-8-12-5-3-2-4-6-12/h5,13H,2-4,6-11H2,1H3,(H,17,20)/t13-,16+/m0/s1. The van der Waals surface area contributed by atoms with Crippen LogP contribution in [0.5, 0.6) is 0 Å². The van der Waals surface area contributed by atoms with Crippen molar-refractivity contribution < 1.29 is 9.59 Å². The van der Waals surface area contributed by atoms with Crippen molar-refractivity contribution in [3.05, 3.63) is 11.6 Å². The minimum absolute atomic E-state index is 0.0258. The molecule has 2 amide bonds. The van der Waals surface area contributed by atoms with Gasteiger partial charge in [0.1, 0.15) is 6.04 Å². The van der Waals surface area contributed by atoms with Crippen LogP contribution in [0.3, 0.4) is 0 Å². The fourth-order valence-electron chi connectivity index (χ4n) is 3.61. The second kappa shape index (κ2) is 6.03. The Morgan fingerprint density at radius 3 is 3.10 bits per heavy atom. The molecule has 21 heavy (non-hydrogen) atoms. The topological polar surface area (TPSA) is 49.4 Å². The molecule has 116 valence electrons. The lowest BCUT2D eigenvalue weighted by molar-refractivity contribution is -0.137. The summed E-state index contributed by atoms with van der Waals surface area (Å²) in [6, 6.07) is -0.268. The Balaban J connectivity index is 1.51. The van der Waals surface area contributed by atoms with Crippen molar-refractivity contribution in [1.29, 1.82) is 0 Å². The Bertz CT molecular complexity index is 477. The number of carbonyl (C=O) groups excluding carboxylic acids is 2. The summed E-state index contributed by atoms with van der Waals surface area (Å²) >= 11 is 1.75. The van der Waals surface area contributed by atoms with Gasteiger partial charge in [0.2, 0.25) is 11.8 Å². The van der Waals surface area contributed by atoms with Gasteiger partial charge in [-0.05, 0) is 45.4 Å². The third-order valence-corrected chi connectivity index (χ3v) is 6.38. The number of nitrogens with zero attached hydrogens (tertiary/aromatic N) is 1. The smallest absolute Gasteiger partial charge is 0.243 e. The molecule has 0 aromatic rings. The van der Waals surface area contributed by atoms with Crippen LogP contribution in [0, 0.1) is 0 Å². The van der Waals surface area contributed by atoms with Crippen LogP contribution in [0.4, 0.5) is 0 Å². The van der Waals surface area contributed by atoms with E-state index in [1.165, 1.54) is 31.3 Å². The molecule has 0 saturated carbocycles. The van der Waals surface area contributed by atoms with E-state index in [0.29, 0.717) is 13.0 Å². The highest BCUT2D eigenvalue weighted by Crippen LogP contribution is 2.47. The van der Waals surface area contributed by atoms with Gasteiger partial charge in [0, 0.05) is 18.7 Å². The van der Waals surface area contributed by atoms with Crippen LogP contribution in [0.15, 0.2) is 11.6 Å². The van der Waals surface area contributed by atoms with Gasteiger partial charge in [-0.3, -0.25) is 9.59 Å². The van der Waals surface area contributed by atoms with Crippen LogP contribution in [-0.2, 0) is 9.59 Å². The first-order valence-corrected chi connectivity index (χ1v) is 9.00. The van der Waals surface area contributed by atoms with E-state index in [0.717, 1.165) is 18.6 Å². The lowest BCUT2D eigenvalue weighted by atomic mass is 9.97. The predicted octanol–water partition coefficient (Wildman–Crippen LogP) is 2.45. The highest BCUT2D eigenvalue weighted by Gasteiger charge is 2.52. The molecular formula is C16H24N2O2S. The fourth-order valence-corrected chi connectivity index (χ4v) is 5.04. The van der Waals surface area contributed by atoms with Crippen LogP contribution < -0.4 is 5.32 Å². The van der Waals surface area contributed by atoms with Crippen molar-refractivity contribution in [2.45, 2.75) is 62.8 Å². The molecule has 1 N–H and O–H groups in total. The highest BCUT2D eigenvalue weighted by molar-refractivity contribution is 8.01. The lowest BCUT2D eigenvalue weighted by Gasteiger charge is -2.29. The summed E-state index contributed by atoms with van der Waals surface area (Å²) in [5.41, 5.74) is 1.48. The molecule has 0 unspecified atom stereocenters. The number of hydrogen-bond donors (Lipinski definition) is 1. The summed E-state index contributed by atoms with van der Waals surface area (Å²) in [5, 5.41) is 3.04. The van der Waals surface area contributed by atoms with E-state index in [-0.39, 0.29) is 22.7 Å². The van der Waals surface area contributed by atoms with Gasteiger partial charge in [-0.2, -0.15) is 0 Å². The van der Waals surface area contributed by atoms with Crippen molar-refractivity contribution >= 4 is 23.6 Å². The van der Waals surface area contributed by atoms with Crippen molar-refractivity contribution in [1.82, 2.24) is 10.2 Å². The van der Waals surface area contributed by atoms with Crippen LogP contribution in [0.1, 0.15) is 51.9 Å². The number of hydrogen-bond acceptors (Lipinski definition) is 3. The molecule has 2 saturated heterocycles. The van der Waals surface area contributed by atoms with Gasteiger partial charge in [-0.25, -0.2) is 0 Å². The van der Waals surface area contributed by atoms with Crippen LogP contribution in [0.2, 0.25) is 0 Å². The van der Waals surface area contributed by atoms with Crippen molar-refractivity contribution in [3.63, 3.8) is 0 Å². The van der Waals surface area contributed by atoms with Gasteiger partial charge in [0.05, 0.1) is 4.87 Å². The number of thioether (sulfide) groups is 1. The summed E-state index contributed by atoms with van der Waals surface area (Å²) in [4.78, 5) is 26.1. The molecule has 0 aromatic heterocycles. The maximum atomic E-state index is 12.4. The molecule has 1 aliphatic carbocycles. The number of rotatable bonds is 4. The third kappa shape index (κ3) is 2.98. The van der Waals surface area contributed by atoms with E-state index in [9.17, 15) is 9.59 Å². The molecule has 2 atom stereocenters. The molecule has 2 heterocycles. The summed E-state index contributed by atoms with van der Waals surface area (Å²) < 4.78 is 0. The largest absolute Gasteiger partial charge is 0.354 e. The normalized spacial score (nSPS) is 32.0. The molecule has 3 rings (SSSR count). The van der Waals surface area contributed by atoms with Crippen LogP contribution >= 0.6 is 11.8 Å². The highest BCUT2D eigenvalue weighted by atomic mass is 32.2. The molecule has 0 radical (unpaired) electrons. The predicted molar refractivity (Wildman–Crippen MR) is 84.9 cm³/mol. The second-order valence-corrected chi connectivity index (χ2v) is 7.92. The van der Waals surface area contributed by atoms with Crippen LogP contribution in [-0.4, -0.2) is 39.9 Å². The zero-order valence-corrected chi connectivity index (χ0v) is 13.5. The van der Waals surface area contributed by atoms with E-state index < -0.39 is 0 Å². The SMILES string of the molecule is C[C@@]12CCC(=O)N1[C@H](C(=O)NCCC1=CCCCC1)CS2. The van der Waals surface area contributed by atoms with Gasteiger partial charge in [-0.15, -0.1) is 11.8 Å². The van der Waals surface area contributed by atoms with E-state index in [4.69, 9.17) is 0 Å². The summed E-state index contributed by atoms with van der Waals surface area (Å²) in [5.74, 6) is 0.895. The Morgan fingerprint density at radius 1 is 1.48 bits per heavy atom. The van der Waals surface area contributed by atoms with Gasteiger partial charge >= 0.3 is 0 Å². The minimum atomic E-state index is -0.268. The van der Waals surface area contributed by atoms with E-state index in [1.54, 1.807) is 11.8 Å². The number of fused-ring (bicyclic) bond motifs is 1. The lowest BCUT2D eigenvalue weighted by Crippen LogP contribution is -2.50. The second-order valence-electron chi connectivity index (χ2n) is 6.41. The third-order valence-electron chi connectivity index (χ3n) is 4.88. The Hall–Kier alpha value is -0.970. The zero-order valence-electron chi connectivity index (χ0n) is 12.7. The first-order valence-electron chi connectivity index (χ1n) is 8.02.